The number of nitrogens with zero attached hydrogens (tertiary/aromatic N) is 2. The highest BCUT2D eigenvalue weighted by Crippen LogP contribution is 2.24. The molecule has 0 aliphatic carbocycles. The molecule has 10 heteroatoms. The molecule has 0 aromatic heterocycles. The molecule has 8 nitrogen and oxygen atoms in total. The van der Waals surface area contributed by atoms with E-state index < -0.39 is 34.1 Å². The van der Waals surface area contributed by atoms with Crippen LogP contribution in [0.15, 0.2) is 109 Å². The molecule has 1 N–H and O–H groups in total. The first kappa shape index (κ1) is 34.5. The van der Waals surface area contributed by atoms with Crippen LogP contribution in [-0.2, 0) is 39.2 Å². The molecule has 0 saturated carbocycles. The van der Waals surface area contributed by atoms with Gasteiger partial charge in [-0.25, -0.2) is 8.42 Å². The number of benzene rings is 4. The van der Waals surface area contributed by atoms with E-state index in [9.17, 15) is 18.0 Å². The number of anilines is 1. The van der Waals surface area contributed by atoms with Crippen molar-refractivity contribution in [3.63, 3.8) is 0 Å². The Morgan fingerprint density at radius 3 is 1.91 bits per heavy atom. The predicted octanol–water partition coefficient (Wildman–Crippen LogP) is 6.24. The Labute approximate surface area is 277 Å². The summed E-state index contributed by atoms with van der Waals surface area (Å²) in [5.41, 5.74) is 2.33. The van der Waals surface area contributed by atoms with Crippen LogP contribution in [0.2, 0.25) is 5.02 Å². The third-order valence-corrected chi connectivity index (χ3v) is 8.48. The van der Waals surface area contributed by atoms with Crippen molar-refractivity contribution in [3.8, 4) is 5.75 Å². The summed E-state index contributed by atoms with van der Waals surface area (Å²) in [5, 5.41) is 3.55. The van der Waals surface area contributed by atoms with E-state index in [-0.39, 0.29) is 18.9 Å². The molecule has 0 aliphatic rings. The van der Waals surface area contributed by atoms with Gasteiger partial charge in [-0.2, -0.15) is 0 Å². The second-order valence-electron chi connectivity index (χ2n) is 12.1. The summed E-state index contributed by atoms with van der Waals surface area (Å²) in [6.07, 6.45) is 1.28. The summed E-state index contributed by atoms with van der Waals surface area (Å²) in [5.74, 6) is -0.321. The molecule has 0 radical (unpaired) electrons. The first-order valence-corrected chi connectivity index (χ1v) is 17.2. The van der Waals surface area contributed by atoms with Gasteiger partial charge in [-0.3, -0.25) is 13.9 Å². The quantitative estimate of drug-likeness (QED) is 0.183. The van der Waals surface area contributed by atoms with E-state index in [0.29, 0.717) is 23.1 Å². The zero-order valence-electron chi connectivity index (χ0n) is 26.5. The molecule has 0 bridgehead atoms. The fourth-order valence-corrected chi connectivity index (χ4v) is 5.83. The fourth-order valence-electron chi connectivity index (χ4n) is 4.86. The Morgan fingerprint density at radius 2 is 1.37 bits per heavy atom. The number of halogens is 1. The van der Waals surface area contributed by atoms with Crippen LogP contribution >= 0.6 is 11.6 Å². The van der Waals surface area contributed by atoms with Crippen LogP contribution in [0.3, 0.4) is 0 Å². The van der Waals surface area contributed by atoms with E-state index in [1.165, 1.54) is 4.90 Å². The maximum absolute atomic E-state index is 14.3. The average Bonchev–Trinajstić information content (AvgIpc) is 3.01. The lowest BCUT2D eigenvalue weighted by atomic mass is 10.0. The molecule has 1 unspecified atom stereocenters. The number of rotatable bonds is 13. The lowest BCUT2D eigenvalue weighted by Crippen LogP contribution is -2.56. The topological polar surface area (TPSA) is 96.0 Å². The predicted molar refractivity (Wildman–Crippen MR) is 183 cm³/mol. The maximum Gasteiger partial charge on any atom is 0.244 e. The third kappa shape index (κ3) is 10.4. The average molecular weight is 662 g/mol. The summed E-state index contributed by atoms with van der Waals surface area (Å²) in [4.78, 5) is 29.5. The van der Waals surface area contributed by atoms with Crippen molar-refractivity contribution in [2.75, 3.05) is 17.1 Å². The van der Waals surface area contributed by atoms with E-state index in [2.05, 4.69) is 5.32 Å². The summed E-state index contributed by atoms with van der Waals surface area (Å²) < 4.78 is 33.1. The molecule has 242 valence electrons. The van der Waals surface area contributed by atoms with Gasteiger partial charge in [0.25, 0.3) is 0 Å². The van der Waals surface area contributed by atoms with Gasteiger partial charge in [0.05, 0.1) is 11.9 Å². The van der Waals surface area contributed by atoms with Crippen LogP contribution in [-0.4, -0.2) is 49.5 Å². The van der Waals surface area contributed by atoms with E-state index in [1.807, 2.05) is 81.4 Å². The van der Waals surface area contributed by atoms with Gasteiger partial charge in [0.2, 0.25) is 21.8 Å². The number of carbonyl (C=O) groups is 2. The van der Waals surface area contributed by atoms with E-state index >= 15 is 0 Å². The Hall–Kier alpha value is -4.34. The van der Waals surface area contributed by atoms with Gasteiger partial charge in [-0.1, -0.05) is 84.4 Å². The number of ether oxygens (including phenoxy) is 1. The number of nitrogens with one attached hydrogen (secondary N) is 1. The molecule has 0 spiro atoms. The van der Waals surface area contributed by atoms with Crippen molar-refractivity contribution in [1.29, 1.82) is 0 Å². The fraction of sp³-hybridized carbons (Fsp3) is 0.278. The second kappa shape index (κ2) is 15.3. The Bertz CT molecular complexity index is 1690. The molecule has 4 aromatic carbocycles. The number of hydrogen-bond acceptors (Lipinski definition) is 5. The Kier molecular flexibility index (Phi) is 11.5. The second-order valence-corrected chi connectivity index (χ2v) is 14.5. The molecule has 4 rings (SSSR count). The summed E-state index contributed by atoms with van der Waals surface area (Å²) in [7, 11) is -3.90. The normalized spacial score (nSPS) is 12.2. The van der Waals surface area contributed by atoms with Gasteiger partial charge >= 0.3 is 0 Å². The Balaban J connectivity index is 1.65. The van der Waals surface area contributed by atoms with Gasteiger partial charge in [0.15, 0.2) is 0 Å². The standard InChI is InChI=1S/C36H40ClN3O5S/c1-36(2,3)38-35(42)33(23-27-11-7-5-8-12-27)39(24-28-15-17-30(37)18-16-28)34(41)25-40(46(4,43)44)31-19-21-32(22-20-31)45-26-29-13-9-6-10-14-29/h5-22,33H,23-26H2,1-4H3,(H,38,42). The largest absolute Gasteiger partial charge is 0.489 e. The lowest BCUT2D eigenvalue weighted by molar-refractivity contribution is -0.140. The molecule has 1 atom stereocenters. The van der Waals surface area contributed by atoms with Gasteiger partial charge in [0.1, 0.15) is 24.9 Å². The van der Waals surface area contributed by atoms with Crippen molar-refractivity contribution in [3.05, 3.63) is 131 Å². The molecule has 0 heterocycles. The van der Waals surface area contributed by atoms with Crippen LogP contribution in [0, 0.1) is 0 Å². The first-order valence-electron chi connectivity index (χ1n) is 14.9. The minimum absolute atomic E-state index is 0.0644. The van der Waals surface area contributed by atoms with Crippen molar-refractivity contribution in [2.45, 2.75) is 51.9 Å². The Morgan fingerprint density at radius 1 is 0.804 bits per heavy atom. The molecule has 4 aromatic rings. The van der Waals surface area contributed by atoms with Gasteiger partial charge < -0.3 is 15.0 Å². The minimum Gasteiger partial charge on any atom is -0.489 e. The van der Waals surface area contributed by atoms with E-state index in [0.717, 1.165) is 27.3 Å². The molecular weight excluding hydrogens is 622 g/mol. The highest BCUT2D eigenvalue weighted by atomic mass is 35.5. The lowest BCUT2D eigenvalue weighted by Gasteiger charge is -2.35. The molecule has 0 saturated heterocycles. The van der Waals surface area contributed by atoms with Gasteiger partial charge in [-0.05, 0) is 73.9 Å². The molecule has 46 heavy (non-hydrogen) atoms. The van der Waals surface area contributed by atoms with Gasteiger partial charge in [-0.15, -0.1) is 0 Å². The number of carbonyl (C=O) groups excluding carboxylic acids is 2. The number of sulfonamides is 1. The first-order chi connectivity index (χ1) is 21.8. The van der Waals surface area contributed by atoms with Crippen LogP contribution in [0.5, 0.6) is 5.75 Å². The zero-order valence-corrected chi connectivity index (χ0v) is 28.1. The number of hydrogen-bond donors (Lipinski definition) is 1. The van der Waals surface area contributed by atoms with Crippen molar-refractivity contribution >= 4 is 39.1 Å². The summed E-state index contributed by atoms with van der Waals surface area (Å²) in [6, 6.07) is 31.7. The number of amides is 2. The molecule has 0 aliphatic heterocycles. The maximum atomic E-state index is 14.3. The molecule has 2 amide bonds. The van der Waals surface area contributed by atoms with Gasteiger partial charge in [0, 0.05) is 23.5 Å². The zero-order chi connectivity index (χ0) is 33.3. The van der Waals surface area contributed by atoms with Crippen LogP contribution in [0.25, 0.3) is 0 Å². The molecular formula is C36H40ClN3O5S. The smallest absolute Gasteiger partial charge is 0.244 e. The molecule has 0 fully saturated rings. The van der Waals surface area contributed by atoms with Crippen LogP contribution < -0.4 is 14.4 Å². The van der Waals surface area contributed by atoms with Crippen molar-refractivity contribution in [2.24, 2.45) is 0 Å². The minimum atomic E-state index is -3.90. The highest BCUT2D eigenvalue weighted by Gasteiger charge is 2.34. The SMILES string of the molecule is CC(C)(C)NC(=O)C(Cc1ccccc1)N(Cc1ccc(Cl)cc1)C(=O)CN(c1ccc(OCc2ccccc2)cc1)S(C)(=O)=O. The third-order valence-electron chi connectivity index (χ3n) is 7.09. The summed E-state index contributed by atoms with van der Waals surface area (Å²) >= 11 is 6.13. The van der Waals surface area contributed by atoms with Crippen molar-refractivity contribution < 1.29 is 22.7 Å². The highest BCUT2D eigenvalue weighted by molar-refractivity contribution is 7.92. The van der Waals surface area contributed by atoms with Crippen LogP contribution in [0.4, 0.5) is 5.69 Å². The van der Waals surface area contributed by atoms with Crippen molar-refractivity contribution in [1.82, 2.24) is 10.2 Å². The summed E-state index contributed by atoms with van der Waals surface area (Å²) in [6.45, 7) is 5.52. The monoisotopic (exact) mass is 661 g/mol. The van der Waals surface area contributed by atoms with E-state index in [1.54, 1.807) is 48.5 Å². The van der Waals surface area contributed by atoms with Crippen LogP contribution in [0.1, 0.15) is 37.5 Å². The van der Waals surface area contributed by atoms with E-state index in [4.69, 9.17) is 16.3 Å².